The van der Waals surface area contributed by atoms with E-state index in [9.17, 15) is 0 Å². The molecule has 4 heteroatoms. The van der Waals surface area contributed by atoms with Crippen LogP contribution in [0.1, 0.15) is 24.1 Å². The zero-order valence-corrected chi connectivity index (χ0v) is 12.4. The Balaban J connectivity index is 2.41. The summed E-state index contributed by atoms with van der Waals surface area (Å²) in [5, 5.41) is 4.18. The number of hydrogen-bond donors (Lipinski definition) is 1. The molecule has 0 saturated carbocycles. The van der Waals surface area contributed by atoms with Crippen molar-refractivity contribution in [1.29, 1.82) is 0 Å². The first-order valence-electron chi connectivity index (χ1n) is 5.80. The van der Waals surface area contributed by atoms with Gasteiger partial charge in [-0.3, -0.25) is 4.98 Å². The molecule has 18 heavy (non-hydrogen) atoms. The first-order valence-corrected chi connectivity index (χ1v) is 6.97. The van der Waals surface area contributed by atoms with Crippen molar-refractivity contribution in [2.75, 3.05) is 6.54 Å². The summed E-state index contributed by atoms with van der Waals surface area (Å²) in [6, 6.07) is 10.1. The van der Waals surface area contributed by atoms with Gasteiger partial charge in [-0.15, -0.1) is 0 Å². The Labute approximate surface area is 121 Å². The number of rotatable bonds is 4. The number of halogens is 2. The molecule has 1 N–H and O–H groups in total. The van der Waals surface area contributed by atoms with E-state index in [2.05, 4.69) is 45.3 Å². The first kappa shape index (κ1) is 13.5. The van der Waals surface area contributed by atoms with Crippen LogP contribution < -0.4 is 5.32 Å². The Morgan fingerprint density at radius 3 is 2.78 bits per heavy atom. The molecule has 0 amide bonds. The molecule has 1 aromatic heterocycles. The molecule has 2 rings (SSSR count). The second kappa shape index (κ2) is 6.32. The summed E-state index contributed by atoms with van der Waals surface area (Å²) in [5.41, 5.74) is 2.26. The molecule has 0 aliphatic rings. The molecule has 2 aromatic rings. The molecular weight excluding hydrogens is 312 g/mol. The first-order chi connectivity index (χ1) is 8.70. The molecular formula is C14H14BrClN2. The molecule has 0 saturated heterocycles. The van der Waals surface area contributed by atoms with Crippen molar-refractivity contribution in [3.05, 3.63) is 63.3 Å². The predicted octanol–water partition coefficient (Wildman–Crippen LogP) is 4.20. The van der Waals surface area contributed by atoms with E-state index in [1.54, 1.807) is 6.20 Å². The Kier molecular flexibility index (Phi) is 4.75. The smallest absolute Gasteiger partial charge is 0.0592 e. The summed E-state index contributed by atoms with van der Waals surface area (Å²) in [5.74, 6) is 0. The average Bonchev–Trinajstić information content (AvgIpc) is 2.36. The Morgan fingerprint density at radius 1 is 1.33 bits per heavy atom. The van der Waals surface area contributed by atoms with E-state index in [1.807, 2.05) is 24.4 Å². The summed E-state index contributed by atoms with van der Waals surface area (Å²) >= 11 is 9.59. The number of benzene rings is 1. The van der Waals surface area contributed by atoms with Gasteiger partial charge in [0.15, 0.2) is 0 Å². The largest absolute Gasteiger partial charge is 0.306 e. The molecule has 0 spiro atoms. The second-order valence-electron chi connectivity index (χ2n) is 3.98. The minimum atomic E-state index is 0.110. The average molecular weight is 326 g/mol. The van der Waals surface area contributed by atoms with Gasteiger partial charge in [-0.05, 0) is 41.9 Å². The monoisotopic (exact) mass is 324 g/mol. The topological polar surface area (TPSA) is 24.9 Å². The maximum Gasteiger partial charge on any atom is 0.0592 e. The van der Waals surface area contributed by atoms with Crippen LogP contribution in [0.15, 0.2) is 47.2 Å². The van der Waals surface area contributed by atoms with Gasteiger partial charge in [0, 0.05) is 21.9 Å². The van der Waals surface area contributed by atoms with E-state index in [0.29, 0.717) is 0 Å². The lowest BCUT2D eigenvalue weighted by molar-refractivity contribution is 0.628. The van der Waals surface area contributed by atoms with Crippen molar-refractivity contribution in [3.8, 4) is 0 Å². The Bertz CT molecular complexity index is 496. The van der Waals surface area contributed by atoms with Crippen LogP contribution in [0.25, 0.3) is 0 Å². The van der Waals surface area contributed by atoms with Crippen LogP contribution in [0.5, 0.6) is 0 Å². The van der Waals surface area contributed by atoms with E-state index in [0.717, 1.165) is 27.2 Å². The van der Waals surface area contributed by atoms with Crippen molar-refractivity contribution in [3.63, 3.8) is 0 Å². The fraction of sp³-hybridized carbons (Fsp3) is 0.214. The van der Waals surface area contributed by atoms with Crippen molar-refractivity contribution < 1.29 is 0 Å². The standard InChI is InChI=1S/C14H14BrClN2/c1-2-18-14(10-4-3-5-17-9-10)11-6-12(15)8-13(16)7-11/h3-9,14,18H,2H2,1H3. The van der Waals surface area contributed by atoms with Gasteiger partial charge in [-0.1, -0.05) is 40.5 Å². The highest BCUT2D eigenvalue weighted by atomic mass is 79.9. The van der Waals surface area contributed by atoms with Crippen LogP contribution in [-0.4, -0.2) is 11.5 Å². The highest BCUT2D eigenvalue weighted by Crippen LogP contribution is 2.27. The van der Waals surface area contributed by atoms with Crippen LogP contribution in [0.4, 0.5) is 0 Å². The lowest BCUT2D eigenvalue weighted by Gasteiger charge is -2.19. The maximum atomic E-state index is 6.11. The van der Waals surface area contributed by atoms with Gasteiger partial charge in [-0.2, -0.15) is 0 Å². The van der Waals surface area contributed by atoms with Crippen LogP contribution in [0.3, 0.4) is 0 Å². The van der Waals surface area contributed by atoms with Gasteiger partial charge in [0.1, 0.15) is 0 Å². The molecule has 1 atom stereocenters. The second-order valence-corrected chi connectivity index (χ2v) is 5.33. The zero-order valence-electron chi connectivity index (χ0n) is 10.0. The SMILES string of the molecule is CCNC(c1cccnc1)c1cc(Cl)cc(Br)c1. The molecule has 0 fully saturated rings. The number of hydrogen-bond acceptors (Lipinski definition) is 2. The van der Waals surface area contributed by atoms with Crippen LogP contribution in [0, 0.1) is 0 Å². The summed E-state index contributed by atoms with van der Waals surface area (Å²) in [6.07, 6.45) is 3.66. The van der Waals surface area contributed by atoms with Crippen molar-refractivity contribution >= 4 is 27.5 Å². The molecule has 0 aliphatic heterocycles. The molecule has 1 unspecified atom stereocenters. The van der Waals surface area contributed by atoms with E-state index in [1.165, 1.54) is 0 Å². The lowest BCUT2D eigenvalue weighted by Crippen LogP contribution is -2.22. The normalized spacial score (nSPS) is 12.4. The molecule has 0 bridgehead atoms. The molecule has 94 valence electrons. The third-order valence-electron chi connectivity index (χ3n) is 2.64. The molecule has 2 nitrogen and oxygen atoms in total. The quantitative estimate of drug-likeness (QED) is 0.911. The van der Waals surface area contributed by atoms with Gasteiger partial charge in [0.25, 0.3) is 0 Å². The van der Waals surface area contributed by atoms with E-state index in [-0.39, 0.29) is 6.04 Å². The van der Waals surface area contributed by atoms with Crippen LogP contribution >= 0.6 is 27.5 Å². The summed E-state index contributed by atoms with van der Waals surface area (Å²) in [7, 11) is 0. The lowest BCUT2D eigenvalue weighted by atomic mass is 10.0. The minimum absolute atomic E-state index is 0.110. The fourth-order valence-electron chi connectivity index (χ4n) is 1.92. The van der Waals surface area contributed by atoms with Crippen molar-refractivity contribution in [1.82, 2.24) is 10.3 Å². The maximum absolute atomic E-state index is 6.11. The number of pyridine rings is 1. The van der Waals surface area contributed by atoms with Gasteiger partial charge < -0.3 is 5.32 Å². The zero-order chi connectivity index (χ0) is 13.0. The fourth-order valence-corrected chi connectivity index (χ4v) is 2.81. The summed E-state index contributed by atoms with van der Waals surface area (Å²) in [6.45, 7) is 2.96. The van der Waals surface area contributed by atoms with Crippen LogP contribution in [-0.2, 0) is 0 Å². The third kappa shape index (κ3) is 3.31. The van der Waals surface area contributed by atoms with Gasteiger partial charge >= 0.3 is 0 Å². The Morgan fingerprint density at radius 2 is 2.17 bits per heavy atom. The van der Waals surface area contributed by atoms with Crippen molar-refractivity contribution in [2.24, 2.45) is 0 Å². The summed E-state index contributed by atoms with van der Waals surface area (Å²) < 4.78 is 0.983. The third-order valence-corrected chi connectivity index (χ3v) is 3.32. The Hall–Kier alpha value is -0.900. The minimum Gasteiger partial charge on any atom is -0.306 e. The molecule has 1 heterocycles. The molecule has 0 aliphatic carbocycles. The summed E-state index contributed by atoms with van der Waals surface area (Å²) in [4.78, 5) is 4.17. The van der Waals surface area contributed by atoms with E-state index < -0.39 is 0 Å². The van der Waals surface area contributed by atoms with E-state index >= 15 is 0 Å². The highest BCUT2D eigenvalue weighted by Gasteiger charge is 2.14. The van der Waals surface area contributed by atoms with Crippen molar-refractivity contribution in [2.45, 2.75) is 13.0 Å². The molecule has 1 aromatic carbocycles. The van der Waals surface area contributed by atoms with Gasteiger partial charge in [0.05, 0.1) is 6.04 Å². The number of aromatic nitrogens is 1. The van der Waals surface area contributed by atoms with E-state index in [4.69, 9.17) is 11.6 Å². The highest BCUT2D eigenvalue weighted by molar-refractivity contribution is 9.10. The predicted molar refractivity (Wildman–Crippen MR) is 78.9 cm³/mol. The van der Waals surface area contributed by atoms with Gasteiger partial charge in [0.2, 0.25) is 0 Å². The van der Waals surface area contributed by atoms with Crippen LogP contribution in [0.2, 0.25) is 5.02 Å². The molecule has 0 radical (unpaired) electrons. The number of nitrogens with zero attached hydrogens (tertiary/aromatic N) is 1. The van der Waals surface area contributed by atoms with Gasteiger partial charge in [-0.25, -0.2) is 0 Å². The number of nitrogens with one attached hydrogen (secondary N) is 1.